The van der Waals surface area contributed by atoms with E-state index in [4.69, 9.17) is 5.26 Å². The summed E-state index contributed by atoms with van der Waals surface area (Å²) in [6.45, 7) is 2.54. The van der Waals surface area contributed by atoms with E-state index in [-0.39, 0.29) is 0 Å². The van der Waals surface area contributed by atoms with Crippen molar-refractivity contribution in [2.75, 3.05) is 16.5 Å². The van der Waals surface area contributed by atoms with Gasteiger partial charge in [-0.3, -0.25) is 4.79 Å². The fraction of sp³-hybridized carbons (Fsp3) is 0.150. The lowest BCUT2D eigenvalue weighted by Crippen LogP contribution is -2.16. The predicted octanol–water partition coefficient (Wildman–Crippen LogP) is 5.54. The highest BCUT2D eigenvalue weighted by atomic mass is 79.9. The quantitative estimate of drug-likeness (QED) is 0.363. The first-order valence-electron chi connectivity index (χ1n) is 8.25. The molecule has 2 aromatic carbocycles. The Balaban J connectivity index is 0.00000136. The molecule has 8 heteroatoms. The van der Waals surface area contributed by atoms with Crippen molar-refractivity contribution >= 4 is 62.9 Å². The molecule has 1 amide bonds. The van der Waals surface area contributed by atoms with E-state index in [1.807, 2.05) is 43.3 Å². The maximum Gasteiger partial charge on any atom is 0.212 e. The summed E-state index contributed by atoms with van der Waals surface area (Å²) in [4.78, 5) is 18.3. The summed E-state index contributed by atoms with van der Waals surface area (Å²) in [6.07, 6.45) is 2.33. The molecule has 3 rings (SSSR count). The van der Waals surface area contributed by atoms with Crippen LogP contribution in [-0.4, -0.2) is 17.6 Å². The third-order valence-electron chi connectivity index (χ3n) is 3.77. The van der Waals surface area contributed by atoms with Gasteiger partial charge >= 0.3 is 0 Å². The number of rotatable bonds is 6. The van der Waals surface area contributed by atoms with Crippen molar-refractivity contribution in [1.82, 2.24) is 4.98 Å². The number of nitriles is 1. The molecule has 144 valence electrons. The van der Waals surface area contributed by atoms with E-state index in [2.05, 4.69) is 49.8 Å². The number of halogens is 1. The lowest BCUT2D eigenvalue weighted by atomic mass is 10.2. The molecule has 1 aromatic heterocycles. The van der Waals surface area contributed by atoms with E-state index in [9.17, 15) is 4.79 Å². The fourth-order valence-corrected chi connectivity index (χ4v) is 3.60. The average Bonchev–Trinajstić information content (AvgIpc) is 3.09. The number of benzene rings is 2. The summed E-state index contributed by atoms with van der Waals surface area (Å²) in [6, 6.07) is 17.6. The highest BCUT2D eigenvalue weighted by Gasteiger charge is 2.17. The minimum absolute atomic E-state index is 0.564. The summed E-state index contributed by atoms with van der Waals surface area (Å²) in [7, 11) is 0. The van der Waals surface area contributed by atoms with Crippen molar-refractivity contribution < 1.29 is 4.79 Å². The van der Waals surface area contributed by atoms with Crippen molar-refractivity contribution in [3.05, 3.63) is 69.0 Å². The molecule has 0 bridgehead atoms. The summed E-state index contributed by atoms with van der Waals surface area (Å²) >= 11 is 8.49. The first kappa shape index (κ1) is 22.0. The van der Waals surface area contributed by atoms with Crippen LogP contribution in [0.15, 0.2) is 53.0 Å². The molecule has 0 aliphatic carbocycles. The molecule has 5 nitrogen and oxygen atoms in total. The van der Waals surface area contributed by atoms with Crippen LogP contribution in [0.5, 0.6) is 0 Å². The van der Waals surface area contributed by atoms with Gasteiger partial charge in [-0.1, -0.05) is 39.4 Å². The van der Waals surface area contributed by atoms with Gasteiger partial charge in [-0.05, 0) is 55.1 Å². The SMILES string of the molecule is CS.Cc1sc(N(Cc2ccc(Br)cc2)c2ccc(C#N)cc2)nc1NC=O. The minimum Gasteiger partial charge on any atom is -0.313 e. The van der Waals surface area contributed by atoms with Crippen LogP contribution in [0.25, 0.3) is 0 Å². The van der Waals surface area contributed by atoms with Gasteiger partial charge in [-0.2, -0.15) is 17.9 Å². The van der Waals surface area contributed by atoms with Gasteiger partial charge < -0.3 is 10.2 Å². The third-order valence-corrected chi connectivity index (χ3v) is 5.30. The smallest absolute Gasteiger partial charge is 0.212 e. The molecule has 0 atom stereocenters. The van der Waals surface area contributed by atoms with Gasteiger partial charge in [0.1, 0.15) is 5.82 Å². The van der Waals surface area contributed by atoms with Gasteiger partial charge in [0.25, 0.3) is 0 Å². The Morgan fingerprint density at radius 2 is 1.86 bits per heavy atom. The summed E-state index contributed by atoms with van der Waals surface area (Å²) in [5, 5.41) is 12.4. The normalized spacial score (nSPS) is 9.68. The van der Waals surface area contributed by atoms with Crippen molar-refractivity contribution in [1.29, 1.82) is 5.26 Å². The summed E-state index contributed by atoms with van der Waals surface area (Å²) < 4.78 is 1.02. The Labute approximate surface area is 182 Å². The lowest BCUT2D eigenvalue weighted by Gasteiger charge is -2.22. The zero-order chi connectivity index (χ0) is 20.5. The fourth-order valence-electron chi connectivity index (χ4n) is 2.45. The van der Waals surface area contributed by atoms with Gasteiger partial charge in [0.15, 0.2) is 5.13 Å². The number of nitrogens with one attached hydrogen (secondary N) is 1. The van der Waals surface area contributed by atoms with Gasteiger partial charge in [0.05, 0.1) is 18.2 Å². The second kappa shape index (κ2) is 10.9. The summed E-state index contributed by atoms with van der Waals surface area (Å²) in [5.74, 6) is 0.564. The van der Waals surface area contributed by atoms with E-state index in [0.29, 0.717) is 24.3 Å². The minimum atomic E-state index is 0.564. The molecular formula is C20H19BrN4OS2. The topological polar surface area (TPSA) is 69.0 Å². The van der Waals surface area contributed by atoms with E-state index >= 15 is 0 Å². The second-order valence-corrected chi connectivity index (χ2v) is 7.63. The van der Waals surface area contributed by atoms with Crippen LogP contribution in [0, 0.1) is 18.3 Å². The number of thiol groups is 1. The Kier molecular flexibility index (Phi) is 8.51. The van der Waals surface area contributed by atoms with E-state index in [0.717, 1.165) is 25.7 Å². The van der Waals surface area contributed by atoms with E-state index in [1.54, 1.807) is 18.4 Å². The van der Waals surface area contributed by atoms with E-state index < -0.39 is 0 Å². The maximum absolute atomic E-state index is 10.8. The molecular weight excluding hydrogens is 456 g/mol. The molecule has 1 N–H and O–H groups in total. The molecule has 0 saturated heterocycles. The number of hydrogen-bond acceptors (Lipinski definition) is 6. The van der Waals surface area contributed by atoms with Crippen molar-refractivity contribution in [3.63, 3.8) is 0 Å². The first-order valence-corrected chi connectivity index (χ1v) is 10.8. The third kappa shape index (κ3) is 5.58. The van der Waals surface area contributed by atoms with E-state index in [1.165, 1.54) is 11.3 Å². The van der Waals surface area contributed by atoms with Crippen LogP contribution in [-0.2, 0) is 11.3 Å². The predicted molar refractivity (Wildman–Crippen MR) is 123 cm³/mol. The number of carbonyl (C=O) groups is 1. The number of anilines is 3. The number of carbonyl (C=O) groups excluding carboxylic acids is 1. The largest absolute Gasteiger partial charge is 0.313 e. The second-order valence-electron chi connectivity index (χ2n) is 5.53. The van der Waals surface area contributed by atoms with Gasteiger partial charge in [0.2, 0.25) is 6.41 Å². The highest BCUT2D eigenvalue weighted by molar-refractivity contribution is 9.10. The first-order chi connectivity index (χ1) is 13.6. The molecule has 28 heavy (non-hydrogen) atoms. The van der Waals surface area contributed by atoms with Crippen molar-refractivity contribution in [2.24, 2.45) is 0 Å². The van der Waals surface area contributed by atoms with Crippen LogP contribution in [0.1, 0.15) is 16.0 Å². The van der Waals surface area contributed by atoms with Crippen LogP contribution < -0.4 is 10.2 Å². The van der Waals surface area contributed by atoms with Crippen LogP contribution >= 0.6 is 39.9 Å². The molecule has 0 unspecified atom stereocenters. The standard InChI is InChI=1S/C19H15BrN4OS.CH4S/c1-13-18(22-12-25)23-19(26-13)24(11-15-2-6-16(20)7-3-15)17-8-4-14(10-21)5-9-17;1-2/h2-9,12H,11H2,1H3,(H,22,25);2H,1H3. The number of aromatic nitrogens is 1. The number of amides is 1. The van der Waals surface area contributed by atoms with Gasteiger partial charge in [-0.25, -0.2) is 4.98 Å². The average molecular weight is 475 g/mol. The van der Waals surface area contributed by atoms with Crippen LogP contribution in [0.3, 0.4) is 0 Å². The molecule has 0 spiro atoms. The Hall–Kier alpha value is -2.34. The Morgan fingerprint density at radius 3 is 2.43 bits per heavy atom. The monoisotopic (exact) mass is 474 g/mol. The molecule has 0 aliphatic rings. The molecule has 3 aromatic rings. The Morgan fingerprint density at radius 1 is 1.21 bits per heavy atom. The zero-order valence-electron chi connectivity index (χ0n) is 15.4. The maximum atomic E-state index is 10.8. The highest BCUT2D eigenvalue weighted by Crippen LogP contribution is 2.35. The molecule has 1 heterocycles. The molecule has 0 fully saturated rings. The molecule has 0 aliphatic heterocycles. The van der Waals surface area contributed by atoms with Gasteiger partial charge in [-0.15, -0.1) is 0 Å². The number of thiazole rings is 1. The zero-order valence-corrected chi connectivity index (χ0v) is 18.7. The Bertz CT molecular complexity index is 950. The summed E-state index contributed by atoms with van der Waals surface area (Å²) in [5.41, 5.74) is 2.66. The molecule has 0 radical (unpaired) electrons. The number of nitrogens with zero attached hydrogens (tertiary/aromatic N) is 3. The lowest BCUT2D eigenvalue weighted by molar-refractivity contribution is -0.105. The molecule has 0 saturated carbocycles. The van der Waals surface area contributed by atoms with Crippen molar-refractivity contribution in [3.8, 4) is 6.07 Å². The van der Waals surface area contributed by atoms with Crippen LogP contribution in [0.4, 0.5) is 16.6 Å². The van der Waals surface area contributed by atoms with Crippen molar-refractivity contribution in [2.45, 2.75) is 13.5 Å². The van der Waals surface area contributed by atoms with Crippen LogP contribution in [0.2, 0.25) is 0 Å². The van der Waals surface area contributed by atoms with Gasteiger partial charge in [0, 0.05) is 15.0 Å². The number of aryl methyl sites for hydroxylation is 1. The number of hydrogen-bond donors (Lipinski definition) is 2.